The summed E-state index contributed by atoms with van der Waals surface area (Å²) in [4.78, 5) is 12.9. The van der Waals surface area contributed by atoms with E-state index in [1.165, 1.54) is 18.2 Å². The van der Waals surface area contributed by atoms with Crippen LogP contribution in [0, 0.1) is 0 Å². The predicted octanol–water partition coefficient (Wildman–Crippen LogP) is 3.40. The van der Waals surface area contributed by atoms with Crippen LogP contribution in [0.5, 0.6) is 5.75 Å². The van der Waals surface area contributed by atoms with E-state index in [9.17, 15) is 18.0 Å². The normalized spacial score (nSPS) is 19.7. The molecule has 1 atom stereocenters. The molecule has 2 rings (SSSR count). The fourth-order valence-corrected chi connectivity index (χ4v) is 2.89. The molecule has 0 radical (unpaired) electrons. The number of likely N-dealkylation sites (tertiary alicyclic amines) is 1. The zero-order valence-electron chi connectivity index (χ0n) is 10.9. The highest BCUT2D eigenvalue weighted by Crippen LogP contribution is 2.32. The number of nitrogens with zero attached hydrogens (tertiary/aromatic N) is 1. The van der Waals surface area contributed by atoms with E-state index in [0.29, 0.717) is 19.5 Å². The maximum atomic E-state index is 12.2. The first-order chi connectivity index (χ1) is 9.76. The summed E-state index contributed by atoms with van der Waals surface area (Å²) in [7, 11) is 0. The van der Waals surface area contributed by atoms with Crippen molar-refractivity contribution in [2.45, 2.75) is 31.8 Å². The number of carboxylic acid groups (broad SMARTS) is 1. The Morgan fingerprint density at radius 2 is 2.19 bits per heavy atom. The summed E-state index contributed by atoms with van der Waals surface area (Å²) in [6.45, 7) is 1.04. The van der Waals surface area contributed by atoms with Gasteiger partial charge in [0.25, 0.3) is 0 Å². The molecule has 0 bridgehead atoms. The Labute approximate surface area is 127 Å². The van der Waals surface area contributed by atoms with E-state index in [1.54, 1.807) is 4.90 Å². The Hall–Kier alpha value is -1.28. The highest BCUT2D eigenvalue weighted by Gasteiger charge is 2.32. The molecule has 21 heavy (non-hydrogen) atoms. The van der Waals surface area contributed by atoms with Crippen LogP contribution in [0.15, 0.2) is 22.7 Å². The van der Waals surface area contributed by atoms with Crippen molar-refractivity contribution in [3.05, 3.63) is 28.2 Å². The van der Waals surface area contributed by atoms with Gasteiger partial charge in [-0.15, -0.1) is 13.2 Å². The largest absolute Gasteiger partial charge is 0.573 e. The molecule has 1 saturated heterocycles. The smallest absolute Gasteiger partial charge is 0.480 e. The predicted molar refractivity (Wildman–Crippen MR) is 71.9 cm³/mol. The third-order valence-corrected chi connectivity index (χ3v) is 3.88. The number of carbonyl (C=O) groups is 1. The zero-order chi connectivity index (χ0) is 15.6. The van der Waals surface area contributed by atoms with Gasteiger partial charge in [-0.3, -0.25) is 9.69 Å². The van der Waals surface area contributed by atoms with Crippen LogP contribution in [-0.2, 0) is 11.3 Å². The van der Waals surface area contributed by atoms with Gasteiger partial charge in [0.15, 0.2) is 0 Å². The van der Waals surface area contributed by atoms with Crippen LogP contribution < -0.4 is 4.74 Å². The number of hydrogen-bond acceptors (Lipinski definition) is 3. The number of halogens is 4. The van der Waals surface area contributed by atoms with Crippen molar-refractivity contribution >= 4 is 21.9 Å². The molecule has 1 unspecified atom stereocenters. The molecule has 0 amide bonds. The standard InChI is InChI=1S/C13H13BrF3NO3/c14-9-6-8(3-4-11(9)21-13(15,16)17)7-18-5-1-2-10(18)12(19)20/h3-4,6,10H,1-2,5,7H2,(H,19,20). The van der Waals surface area contributed by atoms with Crippen molar-refractivity contribution in [1.82, 2.24) is 4.90 Å². The lowest BCUT2D eigenvalue weighted by molar-refractivity contribution is -0.274. The Morgan fingerprint density at radius 1 is 1.48 bits per heavy atom. The van der Waals surface area contributed by atoms with Crippen LogP contribution in [0.25, 0.3) is 0 Å². The third kappa shape index (κ3) is 4.34. The van der Waals surface area contributed by atoms with Gasteiger partial charge in [-0.05, 0) is 53.0 Å². The van der Waals surface area contributed by atoms with E-state index in [2.05, 4.69) is 20.7 Å². The molecule has 0 aliphatic carbocycles. The molecule has 0 aromatic heterocycles. The minimum Gasteiger partial charge on any atom is -0.480 e. The molecular weight excluding hydrogens is 355 g/mol. The van der Waals surface area contributed by atoms with Gasteiger partial charge in [0.2, 0.25) is 0 Å². The summed E-state index contributed by atoms with van der Waals surface area (Å²) < 4.78 is 40.6. The molecule has 1 aliphatic rings. The van der Waals surface area contributed by atoms with Crippen LogP contribution in [0.3, 0.4) is 0 Å². The number of carboxylic acids is 1. The summed E-state index contributed by atoms with van der Waals surface area (Å²) in [6, 6.07) is 3.70. The molecule has 8 heteroatoms. The van der Waals surface area contributed by atoms with E-state index in [0.717, 1.165) is 12.0 Å². The average molecular weight is 368 g/mol. The van der Waals surface area contributed by atoms with Crippen molar-refractivity contribution < 1.29 is 27.8 Å². The van der Waals surface area contributed by atoms with Crippen LogP contribution in [-0.4, -0.2) is 34.9 Å². The Bertz CT molecular complexity index is 536. The van der Waals surface area contributed by atoms with Gasteiger partial charge >= 0.3 is 12.3 Å². The average Bonchev–Trinajstić information content (AvgIpc) is 2.79. The van der Waals surface area contributed by atoms with Crippen LogP contribution in [0.2, 0.25) is 0 Å². The second-order valence-electron chi connectivity index (χ2n) is 4.78. The zero-order valence-corrected chi connectivity index (χ0v) is 12.4. The van der Waals surface area contributed by atoms with Crippen molar-refractivity contribution in [2.24, 2.45) is 0 Å². The molecule has 1 aromatic carbocycles. The Morgan fingerprint density at radius 3 is 2.76 bits per heavy atom. The third-order valence-electron chi connectivity index (χ3n) is 3.26. The number of alkyl halides is 3. The van der Waals surface area contributed by atoms with Crippen molar-refractivity contribution in [3.63, 3.8) is 0 Å². The maximum absolute atomic E-state index is 12.2. The van der Waals surface area contributed by atoms with Gasteiger partial charge < -0.3 is 9.84 Å². The first-order valence-electron chi connectivity index (χ1n) is 6.27. The Balaban J connectivity index is 2.08. The van der Waals surface area contributed by atoms with E-state index in [-0.39, 0.29) is 10.2 Å². The summed E-state index contributed by atoms with van der Waals surface area (Å²) >= 11 is 3.03. The monoisotopic (exact) mass is 367 g/mol. The highest BCUT2D eigenvalue weighted by atomic mass is 79.9. The second kappa shape index (κ2) is 6.23. The highest BCUT2D eigenvalue weighted by molar-refractivity contribution is 9.10. The molecule has 116 valence electrons. The number of benzene rings is 1. The second-order valence-corrected chi connectivity index (χ2v) is 5.63. The van der Waals surface area contributed by atoms with Gasteiger partial charge in [-0.2, -0.15) is 0 Å². The quantitative estimate of drug-likeness (QED) is 0.885. The van der Waals surface area contributed by atoms with E-state index >= 15 is 0 Å². The van der Waals surface area contributed by atoms with Gasteiger partial charge in [-0.25, -0.2) is 0 Å². The van der Waals surface area contributed by atoms with E-state index in [1.807, 2.05) is 0 Å². The van der Waals surface area contributed by atoms with Crippen molar-refractivity contribution in [3.8, 4) is 5.75 Å². The first kappa shape index (κ1) is 16.1. The lowest BCUT2D eigenvalue weighted by Crippen LogP contribution is -2.35. The fraction of sp³-hybridized carbons (Fsp3) is 0.462. The lowest BCUT2D eigenvalue weighted by atomic mass is 10.2. The van der Waals surface area contributed by atoms with Gasteiger partial charge in [0.1, 0.15) is 11.8 Å². The van der Waals surface area contributed by atoms with Crippen molar-refractivity contribution in [2.75, 3.05) is 6.54 Å². The molecule has 4 nitrogen and oxygen atoms in total. The minimum atomic E-state index is -4.74. The van der Waals surface area contributed by atoms with Gasteiger partial charge in [0, 0.05) is 6.54 Å². The number of rotatable bonds is 4. The van der Waals surface area contributed by atoms with E-state index < -0.39 is 18.4 Å². The molecule has 0 saturated carbocycles. The molecule has 0 spiro atoms. The fourth-order valence-electron chi connectivity index (χ4n) is 2.38. The van der Waals surface area contributed by atoms with Gasteiger partial charge in [-0.1, -0.05) is 6.07 Å². The number of ether oxygens (including phenoxy) is 1. The summed E-state index contributed by atoms with van der Waals surface area (Å²) in [6.07, 6.45) is -3.35. The first-order valence-corrected chi connectivity index (χ1v) is 7.06. The molecule has 1 heterocycles. The topological polar surface area (TPSA) is 49.8 Å². The molecular formula is C13H13BrF3NO3. The number of aliphatic carboxylic acids is 1. The minimum absolute atomic E-state index is 0.184. The molecule has 1 N–H and O–H groups in total. The van der Waals surface area contributed by atoms with Crippen LogP contribution in [0.1, 0.15) is 18.4 Å². The lowest BCUT2D eigenvalue weighted by Gasteiger charge is -2.21. The van der Waals surface area contributed by atoms with Crippen LogP contribution >= 0.6 is 15.9 Å². The van der Waals surface area contributed by atoms with Crippen molar-refractivity contribution in [1.29, 1.82) is 0 Å². The van der Waals surface area contributed by atoms with E-state index in [4.69, 9.17) is 5.11 Å². The summed E-state index contributed by atoms with van der Waals surface area (Å²) in [5.74, 6) is -1.19. The maximum Gasteiger partial charge on any atom is 0.573 e. The van der Waals surface area contributed by atoms with Gasteiger partial charge in [0.05, 0.1) is 4.47 Å². The van der Waals surface area contributed by atoms with Crippen LogP contribution in [0.4, 0.5) is 13.2 Å². The summed E-state index contributed by atoms with van der Waals surface area (Å²) in [5, 5.41) is 9.09. The summed E-state index contributed by atoms with van der Waals surface area (Å²) in [5.41, 5.74) is 0.726. The molecule has 1 aliphatic heterocycles. The SMILES string of the molecule is O=C(O)C1CCCN1Cc1ccc(OC(F)(F)F)c(Br)c1. The number of hydrogen-bond donors (Lipinski definition) is 1. The Kier molecular flexibility index (Phi) is 4.77. The molecule has 1 aromatic rings. The molecule has 1 fully saturated rings.